The number of aryl methyl sites for hydroxylation is 1. The van der Waals surface area contributed by atoms with E-state index in [0.717, 1.165) is 23.7 Å². The van der Waals surface area contributed by atoms with Gasteiger partial charge in [0, 0.05) is 19.0 Å². The predicted octanol–water partition coefficient (Wildman–Crippen LogP) is 2.65. The Bertz CT molecular complexity index is 631. The summed E-state index contributed by atoms with van der Waals surface area (Å²) in [5.41, 5.74) is 0.935. The Kier molecular flexibility index (Phi) is 4.34. The van der Waals surface area contributed by atoms with Crippen molar-refractivity contribution in [3.05, 3.63) is 46.8 Å². The number of carboxylic acids is 1. The minimum Gasteiger partial charge on any atom is -0.481 e. The van der Waals surface area contributed by atoms with Crippen molar-refractivity contribution in [3.8, 4) is 0 Å². The number of fused-ring (bicyclic) bond motifs is 1. The number of aliphatic carboxylic acids is 1. The van der Waals surface area contributed by atoms with Crippen molar-refractivity contribution in [2.75, 3.05) is 0 Å². The number of pyridine rings is 1. The van der Waals surface area contributed by atoms with Crippen molar-refractivity contribution in [3.63, 3.8) is 0 Å². The Morgan fingerprint density at radius 1 is 1.05 bits per heavy atom. The number of unbranched alkanes of at least 4 members (excludes halogenated alkanes) is 2. The van der Waals surface area contributed by atoms with Crippen molar-refractivity contribution in [1.82, 2.24) is 4.57 Å². The molecule has 0 aliphatic heterocycles. The second-order valence-electron chi connectivity index (χ2n) is 4.59. The molecule has 100 valence electrons. The maximum absolute atomic E-state index is 11.9. The fourth-order valence-electron chi connectivity index (χ4n) is 2.20. The molecule has 0 atom stereocenters. The lowest BCUT2D eigenvalue weighted by Gasteiger charge is -2.09. The number of para-hydroxylation sites is 1. The smallest absolute Gasteiger partial charge is 0.303 e. The van der Waals surface area contributed by atoms with Gasteiger partial charge in [0.1, 0.15) is 0 Å². The van der Waals surface area contributed by atoms with E-state index in [9.17, 15) is 9.59 Å². The maximum Gasteiger partial charge on any atom is 0.303 e. The molecule has 0 radical (unpaired) electrons. The third-order valence-corrected chi connectivity index (χ3v) is 3.17. The van der Waals surface area contributed by atoms with Crippen LogP contribution in [0.5, 0.6) is 0 Å². The first-order valence-corrected chi connectivity index (χ1v) is 6.49. The number of aromatic nitrogens is 1. The van der Waals surface area contributed by atoms with E-state index in [2.05, 4.69) is 0 Å². The fourth-order valence-corrected chi connectivity index (χ4v) is 2.20. The van der Waals surface area contributed by atoms with Crippen LogP contribution >= 0.6 is 0 Å². The van der Waals surface area contributed by atoms with Crippen LogP contribution < -0.4 is 5.56 Å². The van der Waals surface area contributed by atoms with Crippen LogP contribution in [0.15, 0.2) is 41.2 Å². The summed E-state index contributed by atoms with van der Waals surface area (Å²) in [4.78, 5) is 22.3. The van der Waals surface area contributed by atoms with Crippen molar-refractivity contribution in [2.45, 2.75) is 32.2 Å². The molecule has 0 amide bonds. The Morgan fingerprint density at radius 3 is 2.63 bits per heavy atom. The molecule has 0 fully saturated rings. The Labute approximate surface area is 111 Å². The molecule has 0 saturated heterocycles. The van der Waals surface area contributed by atoms with Crippen LogP contribution in [-0.2, 0) is 11.3 Å². The van der Waals surface area contributed by atoms with Gasteiger partial charge >= 0.3 is 5.97 Å². The van der Waals surface area contributed by atoms with Crippen LogP contribution in [0.4, 0.5) is 0 Å². The molecule has 4 nitrogen and oxygen atoms in total. The zero-order valence-corrected chi connectivity index (χ0v) is 10.7. The van der Waals surface area contributed by atoms with Gasteiger partial charge in [-0.05, 0) is 30.4 Å². The maximum atomic E-state index is 11.9. The molecular formula is C15H17NO3. The first kappa shape index (κ1) is 13.3. The number of hydrogen-bond acceptors (Lipinski definition) is 2. The fraction of sp³-hybridized carbons (Fsp3) is 0.333. The molecule has 0 bridgehead atoms. The highest BCUT2D eigenvalue weighted by Gasteiger charge is 2.02. The van der Waals surface area contributed by atoms with Crippen molar-refractivity contribution < 1.29 is 9.90 Å². The summed E-state index contributed by atoms with van der Waals surface area (Å²) in [5, 5.41) is 9.61. The lowest BCUT2D eigenvalue weighted by molar-refractivity contribution is -0.137. The van der Waals surface area contributed by atoms with Crippen LogP contribution in [0.2, 0.25) is 0 Å². The zero-order chi connectivity index (χ0) is 13.7. The van der Waals surface area contributed by atoms with E-state index in [1.165, 1.54) is 0 Å². The highest BCUT2D eigenvalue weighted by Crippen LogP contribution is 2.12. The SMILES string of the molecule is O=C(O)CCCCCn1c(=O)ccc2ccccc21. The van der Waals surface area contributed by atoms with Crippen LogP contribution in [-0.4, -0.2) is 15.6 Å². The highest BCUT2D eigenvalue weighted by atomic mass is 16.4. The van der Waals surface area contributed by atoms with E-state index in [4.69, 9.17) is 5.11 Å². The lowest BCUT2D eigenvalue weighted by atomic mass is 10.1. The van der Waals surface area contributed by atoms with Crippen molar-refractivity contribution >= 4 is 16.9 Å². The number of hydrogen-bond donors (Lipinski definition) is 1. The topological polar surface area (TPSA) is 59.3 Å². The number of carboxylic acid groups (broad SMARTS) is 1. The molecule has 0 unspecified atom stereocenters. The normalized spacial score (nSPS) is 10.7. The van der Waals surface area contributed by atoms with E-state index in [-0.39, 0.29) is 12.0 Å². The lowest BCUT2D eigenvalue weighted by Crippen LogP contribution is -2.19. The number of benzene rings is 1. The van der Waals surface area contributed by atoms with E-state index in [1.54, 1.807) is 10.6 Å². The molecule has 0 aliphatic rings. The summed E-state index contributed by atoms with van der Waals surface area (Å²) >= 11 is 0. The van der Waals surface area contributed by atoms with Gasteiger partial charge in [-0.25, -0.2) is 0 Å². The summed E-state index contributed by atoms with van der Waals surface area (Å²) in [5.74, 6) is -0.762. The van der Waals surface area contributed by atoms with Gasteiger partial charge in [-0.1, -0.05) is 24.6 Å². The number of carbonyl (C=O) groups is 1. The molecule has 0 spiro atoms. The standard InChI is InChI=1S/C15H17NO3/c17-14-10-9-12-6-3-4-7-13(12)16(14)11-5-1-2-8-15(18)19/h3-4,6-7,9-10H,1-2,5,8,11H2,(H,18,19). The average molecular weight is 259 g/mol. The summed E-state index contributed by atoms with van der Waals surface area (Å²) < 4.78 is 1.76. The van der Waals surface area contributed by atoms with Gasteiger partial charge in [0.2, 0.25) is 0 Å². The molecule has 0 saturated carbocycles. The van der Waals surface area contributed by atoms with Crippen LogP contribution in [0, 0.1) is 0 Å². The molecule has 1 aromatic heterocycles. The first-order valence-electron chi connectivity index (χ1n) is 6.49. The third kappa shape index (κ3) is 3.44. The number of rotatable bonds is 6. The first-order chi connectivity index (χ1) is 9.18. The van der Waals surface area contributed by atoms with Crippen molar-refractivity contribution in [2.24, 2.45) is 0 Å². The minimum atomic E-state index is -0.762. The van der Waals surface area contributed by atoms with Gasteiger partial charge in [0.15, 0.2) is 0 Å². The second-order valence-corrected chi connectivity index (χ2v) is 4.59. The van der Waals surface area contributed by atoms with E-state index in [0.29, 0.717) is 13.0 Å². The Morgan fingerprint density at radius 2 is 1.84 bits per heavy atom. The van der Waals surface area contributed by atoms with Crippen LogP contribution in [0.1, 0.15) is 25.7 Å². The molecule has 19 heavy (non-hydrogen) atoms. The van der Waals surface area contributed by atoms with E-state index >= 15 is 0 Å². The van der Waals surface area contributed by atoms with Gasteiger partial charge in [0.25, 0.3) is 5.56 Å². The van der Waals surface area contributed by atoms with Gasteiger partial charge in [-0.3, -0.25) is 9.59 Å². The van der Waals surface area contributed by atoms with Crippen molar-refractivity contribution in [1.29, 1.82) is 0 Å². The van der Waals surface area contributed by atoms with E-state index < -0.39 is 5.97 Å². The summed E-state index contributed by atoms with van der Waals surface area (Å²) in [6.07, 6.45) is 2.50. The van der Waals surface area contributed by atoms with Gasteiger partial charge < -0.3 is 9.67 Å². The molecule has 1 heterocycles. The molecule has 0 aliphatic carbocycles. The van der Waals surface area contributed by atoms with E-state index in [1.807, 2.05) is 30.3 Å². The largest absolute Gasteiger partial charge is 0.481 e. The predicted molar refractivity (Wildman–Crippen MR) is 74.3 cm³/mol. The number of nitrogens with zero attached hydrogens (tertiary/aromatic N) is 1. The third-order valence-electron chi connectivity index (χ3n) is 3.17. The molecular weight excluding hydrogens is 242 g/mol. The average Bonchev–Trinajstić information content (AvgIpc) is 2.40. The Balaban J connectivity index is 2.05. The molecule has 2 rings (SSSR count). The molecule has 1 N–H and O–H groups in total. The summed E-state index contributed by atoms with van der Waals surface area (Å²) in [6.45, 7) is 0.639. The zero-order valence-electron chi connectivity index (χ0n) is 10.7. The minimum absolute atomic E-state index is 0.00284. The molecule has 1 aromatic carbocycles. The van der Waals surface area contributed by atoms with Crippen LogP contribution in [0.25, 0.3) is 10.9 Å². The monoisotopic (exact) mass is 259 g/mol. The molecule has 4 heteroatoms. The van der Waals surface area contributed by atoms with Crippen LogP contribution in [0.3, 0.4) is 0 Å². The van der Waals surface area contributed by atoms with Gasteiger partial charge in [0.05, 0.1) is 5.52 Å². The summed E-state index contributed by atoms with van der Waals surface area (Å²) in [7, 11) is 0. The van der Waals surface area contributed by atoms with Gasteiger partial charge in [-0.15, -0.1) is 0 Å². The molecule has 2 aromatic rings. The highest BCUT2D eigenvalue weighted by molar-refractivity contribution is 5.78. The Hall–Kier alpha value is -2.10. The quantitative estimate of drug-likeness (QED) is 0.811. The second kappa shape index (κ2) is 6.18. The summed E-state index contributed by atoms with van der Waals surface area (Å²) in [6, 6.07) is 11.2. The van der Waals surface area contributed by atoms with Gasteiger partial charge in [-0.2, -0.15) is 0 Å².